The van der Waals surface area contributed by atoms with E-state index in [-0.39, 0.29) is 6.54 Å². The number of likely N-dealkylation sites (tertiary alicyclic amines) is 1. The molecule has 1 heterocycles. The minimum atomic E-state index is -0.438. The Morgan fingerprint density at radius 1 is 1.33 bits per heavy atom. The molecule has 4 nitrogen and oxygen atoms in total. The zero-order valence-corrected chi connectivity index (χ0v) is 14.8. The first-order valence-electron chi connectivity index (χ1n) is 8.62. The van der Waals surface area contributed by atoms with Crippen molar-refractivity contribution in [2.45, 2.75) is 39.3 Å². The Kier molecular flexibility index (Phi) is 6.97. The number of nitrogens with zero attached hydrogens (tertiary/aromatic N) is 2. The molecular weight excluding hydrogens is 310 g/mol. The molecule has 1 aliphatic rings. The van der Waals surface area contributed by atoms with E-state index in [0.29, 0.717) is 23.5 Å². The Labute approximate surface area is 143 Å². The van der Waals surface area contributed by atoms with Crippen LogP contribution >= 0.6 is 0 Å². The smallest absolute Gasteiger partial charge is 0.191 e. The molecule has 0 spiro atoms. The van der Waals surface area contributed by atoms with Crippen LogP contribution in [0.15, 0.2) is 23.2 Å². The van der Waals surface area contributed by atoms with Crippen LogP contribution in [-0.2, 0) is 6.54 Å². The highest BCUT2D eigenvalue weighted by Crippen LogP contribution is 2.17. The van der Waals surface area contributed by atoms with Crippen LogP contribution in [-0.4, -0.2) is 43.6 Å². The highest BCUT2D eigenvalue weighted by molar-refractivity contribution is 5.79. The van der Waals surface area contributed by atoms with Crippen molar-refractivity contribution < 1.29 is 8.78 Å². The summed E-state index contributed by atoms with van der Waals surface area (Å²) in [5, 5.41) is 6.34. The monoisotopic (exact) mass is 338 g/mol. The van der Waals surface area contributed by atoms with E-state index in [0.717, 1.165) is 25.2 Å². The fourth-order valence-corrected chi connectivity index (χ4v) is 3.05. The van der Waals surface area contributed by atoms with Gasteiger partial charge in [0.05, 0.1) is 0 Å². The van der Waals surface area contributed by atoms with Crippen molar-refractivity contribution in [2.24, 2.45) is 10.9 Å². The molecule has 1 unspecified atom stereocenters. The number of hydrogen-bond acceptors (Lipinski definition) is 2. The van der Waals surface area contributed by atoms with Crippen molar-refractivity contribution in [1.29, 1.82) is 0 Å². The second kappa shape index (κ2) is 8.97. The van der Waals surface area contributed by atoms with Crippen LogP contribution < -0.4 is 10.6 Å². The largest absolute Gasteiger partial charge is 0.356 e. The molecule has 1 aliphatic heterocycles. The summed E-state index contributed by atoms with van der Waals surface area (Å²) in [6, 6.07) is 4.04. The molecule has 1 aromatic carbocycles. The molecule has 2 rings (SSSR count). The highest BCUT2D eigenvalue weighted by atomic mass is 19.1. The third kappa shape index (κ3) is 5.44. The lowest BCUT2D eigenvalue weighted by atomic mass is 9.97. The summed E-state index contributed by atoms with van der Waals surface area (Å²) in [7, 11) is 1.68. The van der Waals surface area contributed by atoms with Crippen LogP contribution in [0.3, 0.4) is 0 Å². The summed E-state index contributed by atoms with van der Waals surface area (Å²) in [4.78, 5) is 6.65. The van der Waals surface area contributed by atoms with Gasteiger partial charge in [0.1, 0.15) is 11.6 Å². The number of nitrogens with one attached hydrogen (secondary N) is 2. The van der Waals surface area contributed by atoms with Gasteiger partial charge in [-0.05, 0) is 57.4 Å². The molecule has 134 valence electrons. The summed E-state index contributed by atoms with van der Waals surface area (Å²) >= 11 is 0. The SMILES string of the molecule is CN=C(NCc1cc(F)ccc1F)NCC1CCCN(C(C)C)C1. The van der Waals surface area contributed by atoms with Gasteiger partial charge in [-0.15, -0.1) is 0 Å². The third-order valence-electron chi connectivity index (χ3n) is 4.52. The maximum Gasteiger partial charge on any atom is 0.191 e. The average Bonchev–Trinajstić information content (AvgIpc) is 2.58. The van der Waals surface area contributed by atoms with Crippen LogP contribution in [0.1, 0.15) is 32.3 Å². The first kappa shape index (κ1) is 18.6. The molecule has 0 bridgehead atoms. The second-order valence-corrected chi connectivity index (χ2v) is 6.64. The molecule has 1 fully saturated rings. The van der Waals surface area contributed by atoms with E-state index in [4.69, 9.17) is 0 Å². The number of guanidine groups is 1. The predicted molar refractivity (Wildman–Crippen MR) is 94.0 cm³/mol. The maximum absolute atomic E-state index is 13.6. The van der Waals surface area contributed by atoms with Crippen LogP contribution in [0.5, 0.6) is 0 Å². The molecule has 6 heteroatoms. The predicted octanol–water partition coefficient (Wildman–Crippen LogP) is 2.75. The van der Waals surface area contributed by atoms with E-state index < -0.39 is 11.6 Å². The van der Waals surface area contributed by atoms with Gasteiger partial charge in [0, 0.05) is 38.3 Å². The lowest BCUT2D eigenvalue weighted by Gasteiger charge is -2.35. The van der Waals surface area contributed by atoms with E-state index in [9.17, 15) is 8.78 Å². The van der Waals surface area contributed by atoms with E-state index in [2.05, 4.69) is 34.4 Å². The second-order valence-electron chi connectivity index (χ2n) is 6.64. The van der Waals surface area contributed by atoms with Gasteiger partial charge in [-0.2, -0.15) is 0 Å². The minimum absolute atomic E-state index is 0.200. The summed E-state index contributed by atoms with van der Waals surface area (Å²) in [5.74, 6) is 0.331. The van der Waals surface area contributed by atoms with Crippen molar-refractivity contribution in [1.82, 2.24) is 15.5 Å². The van der Waals surface area contributed by atoms with Gasteiger partial charge in [-0.3, -0.25) is 4.99 Å². The molecule has 0 aliphatic carbocycles. The topological polar surface area (TPSA) is 39.7 Å². The van der Waals surface area contributed by atoms with Crippen molar-refractivity contribution in [3.63, 3.8) is 0 Å². The van der Waals surface area contributed by atoms with Crippen molar-refractivity contribution in [3.05, 3.63) is 35.4 Å². The molecule has 1 saturated heterocycles. The molecule has 24 heavy (non-hydrogen) atoms. The zero-order chi connectivity index (χ0) is 17.5. The molecule has 1 atom stereocenters. The van der Waals surface area contributed by atoms with Gasteiger partial charge >= 0.3 is 0 Å². The molecule has 0 saturated carbocycles. The van der Waals surface area contributed by atoms with Gasteiger partial charge in [0.15, 0.2) is 5.96 Å². The average molecular weight is 338 g/mol. The van der Waals surface area contributed by atoms with Crippen molar-refractivity contribution in [2.75, 3.05) is 26.7 Å². The summed E-state index contributed by atoms with van der Waals surface area (Å²) < 4.78 is 26.8. The third-order valence-corrected chi connectivity index (χ3v) is 4.52. The highest BCUT2D eigenvalue weighted by Gasteiger charge is 2.21. The number of hydrogen-bond donors (Lipinski definition) is 2. The Bertz CT molecular complexity index is 560. The van der Waals surface area contributed by atoms with Gasteiger partial charge in [0.25, 0.3) is 0 Å². The summed E-state index contributed by atoms with van der Waals surface area (Å²) in [6.45, 7) is 7.73. The normalized spacial score (nSPS) is 19.6. The minimum Gasteiger partial charge on any atom is -0.356 e. The molecule has 0 aromatic heterocycles. The van der Waals surface area contributed by atoms with Crippen LogP contribution in [0.2, 0.25) is 0 Å². The first-order valence-corrected chi connectivity index (χ1v) is 8.62. The lowest BCUT2D eigenvalue weighted by Crippen LogP contribution is -2.46. The van der Waals surface area contributed by atoms with Crippen molar-refractivity contribution >= 4 is 5.96 Å². The van der Waals surface area contributed by atoms with Gasteiger partial charge in [-0.1, -0.05) is 0 Å². The van der Waals surface area contributed by atoms with Crippen molar-refractivity contribution in [3.8, 4) is 0 Å². The number of aliphatic imine (C=N–C) groups is 1. The zero-order valence-electron chi connectivity index (χ0n) is 14.8. The summed E-state index contributed by atoms with van der Waals surface area (Å²) in [6.07, 6.45) is 2.41. The Morgan fingerprint density at radius 3 is 2.83 bits per heavy atom. The molecule has 0 radical (unpaired) electrons. The number of halogens is 2. The van der Waals surface area contributed by atoms with Crippen LogP contribution in [0.4, 0.5) is 8.78 Å². The lowest BCUT2D eigenvalue weighted by molar-refractivity contribution is 0.141. The van der Waals surface area contributed by atoms with Crippen LogP contribution in [0, 0.1) is 17.6 Å². The van der Waals surface area contributed by atoms with Gasteiger partial charge in [0.2, 0.25) is 0 Å². The van der Waals surface area contributed by atoms with E-state index in [1.54, 1.807) is 7.05 Å². The Hall–Kier alpha value is -1.69. The molecule has 1 aromatic rings. The fraction of sp³-hybridized carbons (Fsp3) is 0.611. The maximum atomic E-state index is 13.6. The Balaban J connectivity index is 1.81. The quantitative estimate of drug-likeness (QED) is 0.641. The first-order chi connectivity index (χ1) is 11.5. The van der Waals surface area contributed by atoms with Crippen LogP contribution in [0.25, 0.3) is 0 Å². The number of benzene rings is 1. The van der Waals surface area contributed by atoms with Gasteiger partial charge in [-0.25, -0.2) is 8.78 Å². The molecule has 0 amide bonds. The van der Waals surface area contributed by atoms with E-state index in [1.807, 2.05) is 0 Å². The number of rotatable bonds is 5. The standard InChI is InChI=1S/C18H28F2N4/c1-13(2)24-8-4-5-14(12-24)10-22-18(21-3)23-11-15-9-16(19)6-7-17(15)20/h6-7,9,13-14H,4-5,8,10-12H2,1-3H3,(H2,21,22,23). The summed E-state index contributed by atoms with van der Waals surface area (Å²) in [5.41, 5.74) is 0.293. The fourth-order valence-electron chi connectivity index (χ4n) is 3.05. The number of piperidine rings is 1. The van der Waals surface area contributed by atoms with E-state index >= 15 is 0 Å². The molecule has 2 N–H and O–H groups in total. The Morgan fingerprint density at radius 2 is 2.12 bits per heavy atom. The molecular formula is C18H28F2N4. The van der Waals surface area contributed by atoms with Gasteiger partial charge < -0.3 is 15.5 Å². The van der Waals surface area contributed by atoms with E-state index in [1.165, 1.54) is 25.5 Å².